The molecule has 2 aromatic carbocycles. The third kappa shape index (κ3) is 3.42. The van der Waals surface area contributed by atoms with Crippen molar-refractivity contribution in [3.63, 3.8) is 0 Å². The van der Waals surface area contributed by atoms with E-state index in [1.54, 1.807) is 0 Å². The molecule has 0 radical (unpaired) electrons. The van der Waals surface area contributed by atoms with Gasteiger partial charge in [0.05, 0.1) is 6.61 Å². The fourth-order valence-electron chi connectivity index (χ4n) is 2.57. The van der Waals surface area contributed by atoms with Crippen molar-refractivity contribution in [3.8, 4) is 5.75 Å². The molecule has 3 rings (SSSR count). The van der Waals surface area contributed by atoms with Crippen molar-refractivity contribution >= 4 is 27.5 Å². The number of hydrogen-bond acceptors (Lipinski definition) is 2. The molecule has 1 aliphatic heterocycles. The minimum Gasteiger partial charge on any atom is -0.493 e. The molecule has 110 valence electrons. The molecule has 0 saturated heterocycles. The predicted octanol–water partition coefficient (Wildman–Crippen LogP) is 4.64. The molecule has 0 saturated carbocycles. The zero-order valence-corrected chi connectivity index (χ0v) is 14.2. The first-order chi connectivity index (χ1) is 10.1. The first-order valence-corrected chi connectivity index (χ1v) is 8.20. The number of nitrogens with one attached hydrogen (secondary N) is 1. The van der Waals surface area contributed by atoms with Crippen LogP contribution in [-0.2, 0) is 19.5 Å². The first-order valence-electron chi connectivity index (χ1n) is 7.03. The highest BCUT2D eigenvalue weighted by atomic mass is 79.9. The molecule has 0 aliphatic carbocycles. The van der Waals surface area contributed by atoms with Gasteiger partial charge < -0.3 is 10.1 Å². The summed E-state index contributed by atoms with van der Waals surface area (Å²) in [5.41, 5.74) is 4.80. The van der Waals surface area contributed by atoms with E-state index in [-0.39, 0.29) is 0 Å². The van der Waals surface area contributed by atoms with Gasteiger partial charge in [0, 0.05) is 34.6 Å². The van der Waals surface area contributed by atoms with E-state index in [0.29, 0.717) is 0 Å². The Kier molecular flexibility index (Phi) is 4.53. The number of benzene rings is 2. The van der Waals surface area contributed by atoms with Crippen LogP contribution in [-0.4, -0.2) is 6.61 Å². The van der Waals surface area contributed by atoms with Gasteiger partial charge in [0.15, 0.2) is 0 Å². The van der Waals surface area contributed by atoms with Crippen molar-refractivity contribution in [2.75, 3.05) is 6.61 Å². The third-order valence-electron chi connectivity index (χ3n) is 3.71. The Labute approximate surface area is 138 Å². The Morgan fingerprint density at radius 3 is 2.90 bits per heavy atom. The molecule has 0 unspecified atom stereocenters. The number of aryl methyl sites for hydroxylation is 1. The van der Waals surface area contributed by atoms with E-state index in [1.165, 1.54) is 16.7 Å². The molecule has 0 spiro atoms. The number of hydrogen-bond donors (Lipinski definition) is 1. The number of halogens is 2. The average molecular weight is 367 g/mol. The van der Waals surface area contributed by atoms with Crippen LogP contribution >= 0.6 is 27.5 Å². The summed E-state index contributed by atoms with van der Waals surface area (Å²) in [6.45, 7) is 4.38. The summed E-state index contributed by atoms with van der Waals surface area (Å²) in [5, 5.41) is 4.28. The number of ether oxygens (including phenoxy) is 1. The van der Waals surface area contributed by atoms with Crippen LogP contribution in [0.1, 0.15) is 22.3 Å². The predicted molar refractivity (Wildman–Crippen MR) is 90.1 cm³/mol. The second-order valence-electron chi connectivity index (χ2n) is 5.34. The lowest BCUT2D eigenvalue weighted by Gasteiger charge is -2.11. The van der Waals surface area contributed by atoms with E-state index in [1.807, 2.05) is 13.0 Å². The summed E-state index contributed by atoms with van der Waals surface area (Å²) in [5.74, 6) is 1.05. The van der Waals surface area contributed by atoms with E-state index in [4.69, 9.17) is 16.3 Å². The van der Waals surface area contributed by atoms with Crippen LogP contribution in [0.25, 0.3) is 0 Å². The Morgan fingerprint density at radius 1 is 1.24 bits per heavy atom. The molecule has 21 heavy (non-hydrogen) atoms. The average Bonchev–Trinajstić information content (AvgIpc) is 2.91. The van der Waals surface area contributed by atoms with Crippen LogP contribution in [0.4, 0.5) is 0 Å². The van der Waals surface area contributed by atoms with Gasteiger partial charge in [0.1, 0.15) is 5.75 Å². The number of rotatable bonds is 4. The molecule has 1 N–H and O–H groups in total. The highest BCUT2D eigenvalue weighted by Crippen LogP contribution is 2.32. The molecule has 2 nitrogen and oxygen atoms in total. The van der Waals surface area contributed by atoms with Crippen molar-refractivity contribution in [3.05, 3.63) is 62.1 Å². The van der Waals surface area contributed by atoms with E-state index in [0.717, 1.165) is 46.9 Å². The smallest absolute Gasteiger partial charge is 0.127 e. The van der Waals surface area contributed by atoms with Crippen molar-refractivity contribution in [2.45, 2.75) is 26.4 Å². The van der Waals surface area contributed by atoms with E-state index < -0.39 is 0 Å². The van der Waals surface area contributed by atoms with Gasteiger partial charge in [-0.2, -0.15) is 0 Å². The van der Waals surface area contributed by atoms with Crippen molar-refractivity contribution < 1.29 is 4.74 Å². The van der Waals surface area contributed by atoms with Gasteiger partial charge in [-0.25, -0.2) is 0 Å². The lowest BCUT2D eigenvalue weighted by Crippen LogP contribution is -2.13. The second kappa shape index (κ2) is 6.39. The molecular weight excluding hydrogens is 350 g/mol. The molecule has 1 heterocycles. The highest BCUT2D eigenvalue weighted by molar-refractivity contribution is 9.10. The summed E-state index contributed by atoms with van der Waals surface area (Å²) < 4.78 is 6.85. The van der Waals surface area contributed by atoms with Gasteiger partial charge in [0.25, 0.3) is 0 Å². The molecule has 0 aromatic heterocycles. The van der Waals surface area contributed by atoms with Gasteiger partial charge in [-0.1, -0.05) is 39.7 Å². The van der Waals surface area contributed by atoms with Gasteiger partial charge in [-0.3, -0.25) is 0 Å². The molecule has 0 bridgehead atoms. The summed E-state index contributed by atoms with van der Waals surface area (Å²) >= 11 is 9.72. The second-order valence-corrected chi connectivity index (χ2v) is 6.66. The monoisotopic (exact) mass is 365 g/mol. The molecule has 2 aromatic rings. The summed E-state index contributed by atoms with van der Waals surface area (Å²) in [6.07, 6.45) is 0.995. The maximum absolute atomic E-state index is 6.15. The fourth-order valence-corrected chi connectivity index (χ4v) is 3.32. The Balaban J connectivity index is 1.67. The molecule has 0 atom stereocenters. The van der Waals surface area contributed by atoms with Crippen LogP contribution < -0.4 is 10.1 Å². The SMILES string of the molecule is Cc1ccc(CNCc2cc(Br)cc3c2OCC3)cc1Cl. The highest BCUT2D eigenvalue weighted by Gasteiger charge is 2.17. The minimum absolute atomic E-state index is 0.784. The maximum Gasteiger partial charge on any atom is 0.127 e. The lowest BCUT2D eigenvalue weighted by molar-refractivity contribution is 0.352. The Bertz CT molecular complexity index is 672. The van der Waals surface area contributed by atoms with Crippen LogP contribution in [0.5, 0.6) is 5.75 Å². The Morgan fingerprint density at radius 2 is 2.10 bits per heavy atom. The third-order valence-corrected chi connectivity index (χ3v) is 4.57. The van der Waals surface area contributed by atoms with Crippen LogP contribution in [0, 0.1) is 6.92 Å². The zero-order chi connectivity index (χ0) is 14.8. The van der Waals surface area contributed by atoms with E-state index in [9.17, 15) is 0 Å². The molecule has 4 heteroatoms. The van der Waals surface area contributed by atoms with E-state index >= 15 is 0 Å². The first kappa shape index (κ1) is 14.9. The minimum atomic E-state index is 0.784. The lowest BCUT2D eigenvalue weighted by atomic mass is 10.1. The van der Waals surface area contributed by atoms with Crippen molar-refractivity contribution in [2.24, 2.45) is 0 Å². The normalized spacial score (nSPS) is 13.1. The molecular formula is C17H17BrClNO. The molecule has 0 fully saturated rings. The summed E-state index contributed by atoms with van der Waals surface area (Å²) in [4.78, 5) is 0. The quantitative estimate of drug-likeness (QED) is 0.851. The topological polar surface area (TPSA) is 21.3 Å². The summed E-state index contributed by atoms with van der Waals surface area (Å²) in [7, 11) is 0. The fraction of sp³-hybridized carbons (Fsp3) is 0.294. The standard InChI is InChI=1S/C17H17BrClNO/c1-11-2-3-12(6-16(11)19)9-20-10-14-8-15(18)7-13-4-5-21-17(13)14/h2-3,6-8,20H,4-5,9-10H2,1H3. The van der Waals surface area contributed by atoms with Crippen molar-refractivity contribution in [1.29, 1.82) is 0 Å². The van der Waals surface area contributed by atoms with Crippen molar-refractivity contribution in [1.82, 2.24) is 5.32 Å². The van der Waals surface area contributed by atoms with Crippen LogP contribution in [0.15, 0.2) is 34.8 Å². The van der Waals surface area contributed by atoms with Gasteiger partial charge in [-0.15, -0.1) is 0 Å². The van der Waals surface area contributed by atoms with Crippen LogP contribution in [0.2, 0.25) is 5.02 Å². The van der Waals surface area contributed by atoms with Crippen LogP contribution in [0.3, 0.4) is 0 Å². The Hall–Kier alpha value is -1.03. The molecule has 0 amide bonds. The summed E-state index contributed by atoms with van der Waals surface area (Å²) in [6, 6.07) is 10.5. The van der Waals surface area contributed by atoms with E-state index in [2.05, 4.69) is 45.5 Å². The number of fused-ring (bicyclic) bond motifs is 1. The van der Waals surface area contributed by atoms with Gasteiger partial charge in [-0.05, 0) is 41.8 Å². The van der Waals surface area contributed by atoms with Gasteiger partial charge in [0.2, 0.25) is 0 Å². The molecule has 1 aliphatic rings. The zero-order valence-electron chi connectivity index (χ0n) is 11.9. The van der Waals surface area contributed by atoms with Gasteiger partial charge >= 0.3 is 0 Å². The maximum atomic E-state index is 6.15. The largest absolute Gasteiger partial charge is 0.493 e.